The van der Waals surface area contributed by atoms with Gasteiger partial charge in [0.1, 0.15) is 6.04 Å². The lowest BCUT2D eigenvalue weighted by molar-refractivity contribution is -0.139. The van der Waals surface area contributed by atoms with E-state index < -0.39 is 18.1 Å². The first-order valence-electron chi connectivity index (χ1n) is 13.2. The number of imidazole rings is 1. The van der Waals surface area contributed by atoms with E-state index in [0.29, 0.717) is 0 Å². The van der Waals surface area contributed by atoms with Crippen molar-refractivity contribution in [3.63, 3.8) is 0 Å². The third kappa shape index (κ3) is 6.39. The minimum atomic E-state index is -1.09. The van der Waals surface area contributed by atoms with Crippen LogP contribution in [0.2, 0.25) is 0 Å². The van der Waals surface area contributed by atoms with Crippen LogP contribution in [0.25, 0.3) is 22.2 Å². The highest BCUT2D eigenvalue weighted by Crippen LogP contribution is 2.37. The highest BCUT2D eigenvalue weighted by molar-refractivity contribution is 5.81. The number of hydrogen-bond acceptors (Lipinski definition) is 5. The summed E-state index contributed by atoms with van der Waals surface area (Å²) in [7, 11) is 0. The molecule has 5 rings (SSSR count). The van der Waals surface area contributed by atoms with Crippen LogP contribution in [0.3, 0.4) is 0 Å². The minimum absolute atomic E-state index is 0.183. The fourth-order valence-electron chi connectivity index (χ4n) is 4.86. The third-order valence-electron chi connectivity index (χ3n) is 6.77. The molecule has 3 aromatic carbocycles. The van der Waals surface area contributed by atoms with Crippen LogP contribution in [-0.4, -0.2) is 46.3 Å². The summed E-state index contributed by atoms with van der Waals surface area (Å²) in [6, 6.07) is 19.5. The molecule has 1 aliphatic carbocycles. The zero-order valence-corrected chi connectivity index (χ0v) is 22.5. The number of alkyl carbamates (subject to hydrolysis) is 1. The molecule has 1 unspecified atom stereocenters. The summed E-state index contributed by atoms with van der Waals surface area (Å²) in [5.74, 6) is -0.318. The molecular weight excluding hydrogens is 492 g/mol. The zero-order chi connectivity index (χ0) is 27.6. The Kier molecular flexibility index (Phi) is 7.28. The molecule has 0 spiro atoms. The van der Waals surface area contributed by atoms with Gasteiger partial charge in [-0.15, -0.1) is 0 Å². The molecule has 1 heterocycles. The fourth-order valence-corrected chi connectivity index (χ4v) is 4.86. The van der Waals surface area contributed by atoms with Crippen LogP contribution in [0.5, 0.6) is 0 Å². The second kappa shape index (κ2) is 10.8. The van der Waals surface area contributed by atoms with E-state index in [1.807, 2.05) is 51.1 Å². The first-order valence-corrected chi connectivity index (χ1v) is 13.2. The van der Waals surface area contributed by atoms with Gasteiger partial charge in [0.25, 0.3) is 0 Å². The number of ether oxygens (including phenoxy) is 1. The van der Waals surface area contributed by atoms with Crippen molar-refractivity contribution in [2.45, 2.75) is 46.1 Å². The third-order valence-corrected chi connectivity index (χ3v) is 6.77. The molecule has 202 valence electrons. The lowest BCUT2D eigenvalue weighted by atomic mass is 9.99. The number of anilines is 1. The van der Waals surface area contributed by atoms with Crippen LogP contribution in [0.4, 0.5) is 10.7 Å². The molecule has 0 saturated heterocycles. The SMILES string of the molecule is CC(C)(C)COC(=O)NC(Cc1ccc2c(c1)Cc1cc(CCNc3nc4ccccc4[nH]3)ccc1-2)C(=O)O. The standard InChI is InChI=1S/C31H34N4O4/c1-31(2,3)18-39-30(38)35-27(28(36)37)16-20-9-11-24-22(15-20)17-21-14-19(8-10-23(21)24)12-13-32-29-33-25-6-4-5-7-26(25)34-29/h4-11,14-15,27H,12-13,16-18H2,1-3H3,(H,35,38)(H,36,37)(H2,32,33,34). The Bertz CT molecular complexity index is 1490. The number of H-pyrrole nitrogens is 1. The molecule has 4 N–H and O–H groups in total. The molecule has 0 bridgehead atoms. The van der Waals surface area contributed by atoms with Crippen molar-refractivity contribution in [1.29, 1.82) is 0 Å². The Hall–Kier alpha value is -4.33. The molecule has 0 radical (unpaired) electrons. The highest BCUT2D eigenvalue weighted by Gasteiger charge is 2.24. The average Bonchev–Trinajstić information content (AvgIpc) is 3.46. The normalized spacial score (nSPS) is 13.0. The summed E-state index contributed by atoms with van der Waals surface area (Å²) in [6.07, 6.45) is 1.13. The van der Waals surface area contributed by atoms with E-state index in [1.165, 1.54) is 27.8 Å². The molecule has 0 aliphatic heterocycles. The number of rotatable bonds is 9. The number of nitrogens with zero attached hydrogens (tertiary/aromatic N) is 1. The zero-order valence-electron chi connectivity index (χ0n) is 22.5. The number of amides is 1. The number of benzene rings is 3. The maximum Gasteiger partial charge on any atom is 0.407 e. The van der Waals surface area contributed by atoms with Crippen LogP contribution in [-0.2, 0) is 28.8 Å². The van der Waals surface area contributed by atoms with Gasteiger partial charge in [-0.1, -0.05) is 69.3 Å². The maximum atomic E-state index is 12.2. The molecule has 8 nitrogen and oxygen atoms in total. The number of carboxylic acids is 1. The quantitative estimate of drug-likeness (QED) is 0.200. The van der Waals surface area contributed by atoms with Gasteiger partial charge in [-0.25, -0.2) is 14.6 Å². The van der Waals surface area contributed by atoms with Crippen molar-refractivity contribution in [3.8, 4) is 11.1 Å². The van der Waals surface area contributed by atoms with Crippen molar-refractivity contribution in [2.24, 2.45) is 5.41 Å². The number of para-hydroxylation sites is 2. The molecule has 1 atom stereocenters. The maximum absolute atomic E-state index is 12.2. The first kappa shape index (κ1) is 26.3. The second-order valence-electron chi connectivity index (χ2n) is 11.3. The van der Waals surface area contributed by atoms with Crippen molar-refractivity contribution in [3.05, 3.63) is 82.9 Å². The number of fused-ring (bicyclic) bond motifs is 4. The Balaban J connectivity index is 1.19. The molecule has 4 aromatic rings. The Labute approximate surface area is 227 Å². The number of carboxylic acid groups (broad SMARTS) is 1. The highest BCUT2D eigenvalue weighted by atomic mass is 16.5. The minimum Gasteiger partial charge on any atom is -0.480 e. The molecule has 39 heavy (non-hydrogen) atoms. The molecule has 1 amide bonds. The van der Waals surface area contributed by atoms with Gasteiger partial charge < -0.3 is 25.5 Å². The molecule has 0 fully saturated rings. The topological polar surface area (TPSA) is 116 Å². The Morgan fingerprint density at radius 1 is 1.03 bits per heavy atom. The fraction of sp³-hybridized carbons (Fsp3) is 0.323. The lowest BCUT2D eigenvalue weighted by Crippen LogP contribution is -2.43. The summed E-state index contributed by atoms with van der Waals surface area (Å²) in [6.45, 7) is 6.80. The van der Waals surface area contributed by atoms with E-state index in [9.17, 15) is 14.7 Å². The van der Waals surface area contributed by atoms with Gasteiger partial charge in [0.15, 0.2) is 0 Å². The first-order chi connectivity index (χ1) is 18.6. The monoisotopic (exact) mass is 526 g/mol. The predicted octanol–water partition coefficient (Wildman–Crippen LogP) is 5.56. The van der Waals surface area contributed by atoms with Gasteiger partial charge in [-0.3, -0.25) is 0 Å². The smallest absolute Gasteiger partial charge is 0.407 e. The molecule has 1 aromatic heterocycles. The van der Waals surface area contributed by atoms with Crippen LogP contribution in [0.15, 0.2) is 60.7 Å². The summed E-state index contributed by atoms with van der Waals surface area (Å²) in [5, 5.41) is 15.5. The lowest BCUT2D eigenvalue weighted by Gasteiger charge is -2.20. The Morgan fingerprint density at radius 2 is 1.72 bits per heavy atom. The van der Waals surface area contributed by atoms with E-state index >= 15 is 0 Å². The number of aliphatic carboxylic acids is 1. The summed E-state index contributed by atoms with van der Waals surface area (Å²) < 4.78 is 5.20. The van der Waals surface area contributed by atoms with Gasteiger partial charge in [0.2, 0.25) is 5.95 Å². The summed E-state index contributed by atoms with van der Waals surface area (Å²) >= 11 is 0. The van der Waals surface area contributed by atoms with Gasteiger partial charge >= 0.3 is 12.1 Å². The summed E-state index contributed by atoms with van der Waals surface area (Å²) in [5.41, 5.74) is 8.68. The van der Waals surface area contributed by atoms with Gasteiger partial charge in [-0.2, -0.15) is 0 Å². The van der Waals surface area contributed by atoms with Gasteiger partial charge in [0.05, 0.1) is 17.6 Å². The van der Waals surface area contributed by atoms with Crippen molar-refractivity contribution in [2.75, 3.05) is 18.5 Å². The van der Waals surface area contributed by atoms with Gasteiger partial charge in [-0.05, 0) is 63.8 Å². The van der Waals surface area contributed by atoms with E-state index in [0.717, 1.165) is 41.9 Å². The Morgan fingerprint density at radius 3 is 2.41 bits per heavy atom. The second-order valence-corrected chi connectivity index (χ2v) is 11.3. The number of carbonyl (C=O) groups excluding carboxylic acids is 1. The molecule has 0 saturated carbocycles. The van der Waals surface area contributed by atoms with E-state index in [1.54, 1.807) is 0 Å². The van der Waals surface area contributed by atoms with Crippen molar-refractivity contribution < 1.29 is 19.4 Å². The number of aromatic nitrogens is 2. The molecule has 1 aliphatic rings. The molecule has 8 heteroatoms. The van der Waals surface area contributed by atoms with E-state index in [4.69, 9.17) is 4.74 Å². The van der Waals surface area contributed by atoms with Crippen molar-refractivity contribution in [1.82, 2.24) is 15.3 Å². The van der Waals surface area contributed by atoms with Crippen LogP contribution in [0, 0.1) is 5.41 Å². The molecular formula is C31H34N4O4. The number of hydrogen-bond donors (Lipinski definition) is 4. The number of aromatic amines is 1. The van der Waals surface area contributed by atoms with E-state index in [2.05, 4.69) is 50.9 Å². The van der Waals surface area contributed by atoms with Crippen LogP contribution >= 0.6 is 0 Å². The largest absolute Gasteiger partial charge is 0.480 e. The average molecular weight is 527 g/mol. The van der Waals surface area contributed by atoms with Crippen LogP contribution in [0.1, 0.15) is 43.0 Å². The van der Waals surface area contributed by atoms with Gasteiger partial charge in [0, 0.05) is 13.0 Å². The van der Waals surface area contributed by atoms with E-state index in [-0.39, 0.29) is 18.4 Å². The predicted molar refractivity (Wildman–Crippen MR) is 152 cm³/mol. The summed E-state index contributed by atoms with van der Waals surface area (Å²) in [4.78, 5) is 31.8. The number of nitrogens with one attached hydrogen (secondary N) is 3. The van der Waals surface area contributed by atoms with Crippen LogP contribution < -0.4 is 10.6 Å². The van der Waals surface area contributed by atoms with Crippen molar-refractivity contribution >= 4 is 29.0 Å². The number of carbonyl (C=O) groups is 2.